The third-order valence-electron chi connectivity index (χ3n) is 5.49. The quantitative estimate of drug-likeness (QED) is 0.407. The molecule has 3 heterocycles. The molecule has 0 bridgehead atoms. The zero-order valence-electron chi connectivity index (χ0n) is 13.0. The Hall–Kier alpha value is -2.46. The van der Waals surface area contributed by atoms with Gasteiger partial charge < -0.3 is 20.7 Å². The molecule has 24 heavy (non-hydrogen) atoms. The molecule has 0 unspecified atom stereocenters. The fourth-order valence-corrected chi connectivity index (χ4v) is 3.99. The number of rotatable bonds is 3. The lowest BCUT2D eigenvalue weighted by Gasteiger charge is -2.27. The number of ether oxygens (including phenoxy) is 1. The molecule has 1 saturated carbocycles. The summed E-state index contributed by atoms with van der Waals surface area (Å²) in [6, 6.07) is 0. The minimum Gasteiger partial charge on any atom is -0.383 e. The van der Waals surface area contributed by atoms with Crippen molar-refractivity contribution in [3.8, 4) is 0 Å². The van der Waals surface area contributed by atoms with Crippen molar-refractivity contribution in [1.29, 1.82) is 0 Å². The number of hydrogen-bond donors (Lipinski definition) is 3. The van der Waals surface area contributed by atoms with Crippen molar-refractivity contribution in [1.82, 2.24) is 19.5 Å². The maximum Gasteiger partial charge on any atom is 0.169 e. The zero-order valence-corrected chi connectivity index (χ0v) is 13.0. The molecule has 2 aliphatic rings. The molecule has 0 aromatic carbocycles. The molecular weight excluding hydrogens is 316 g/mol. The highest BCUT2D eigenvalue weighted by molar-refractivity contribution is 5.81. The summed E-state index contributed by atoms with van der Waals surface area (Å²) in [5.41, 5.74) is 11.1. The van der Waals surface area contributed by atoms with E-state index in [0.717, 1.165) is 0 Å². The second-order valence-corrected chi connectivity index (χ2v) is 6.63. The lowest BCUT2D eigenvalue weighted by atomic mass is 10.0. The normalized spacial score (nSPS) is 36.3. The molecule has 1 aliphatic heterocycles. The molecule has 0 amide bonds. The van der Waals surface area contributed by atoms with E-state index >= 15 is 0 Å². The number of nitrogen functional groups attached to an aromatic ring is 1. The summed E-state index contributed by atoms with van der Waals surface area (Å²) in [5, 5.41) is 25.6. The number of azide groups is 1. The van der Waals surface area contributed by atoms with Gasteiger partial charge in [0, 0.05) is 10.3 Å². The van der Waals surface area contributed by atoms with Gasteiger partial charge in [-0.05, 0) is 5.53 Å². The van der Waals surface area contributed by atoms with Crippen LogP contribution < -0.4 is 5.73 Å². The van der Waals surface area contributed by atoms with Crippen LogP contribution in [0.5, 0.6) is 0 Å². The Bertz CT molecular complexity index is 890. The molecule has 0 radical (unpaired) electrons. The van der Waals surface area contributed by atoms with E-state index in [1.807, 2.05) is 0 Å². The second kappa shape index (κ2) is 4.33. The Morgan fingerprint density at radius 2 is 2.12 bits per heavy atom. The van der Waals surface area contributed by atoms with Crippen LogP contribution in [0.4, 0.5) is 5.82 Å². The van der Waals surface area contributed by atoms with Gasteiger partial charge in [-0.25, -0.2) is 15.0 Å². The van der Waals surface area contributed by atoms with E-state index in [9.17, 15) is 10.2 Å². The van der Waals surface area contributed by atoms with Gasteiger partial charge in [0.2, 0.25) is 0 Å². The maximum atomic E-state index is 11.2. The lowest BCUT2D eigenvalue weighted by Crippen LogP contribution is -2.35. The average Bonchev–Trinajstić information content (AvgIpc) is 2.92. The van der Waals surface area contributed by atoms with E-state index in [4.69, 9.17) is 16.0 Å². The van der Waals surface area contributed by atoms with Gasteiger partial charge >= 0.3 is 0 Å². The largest absolute Gasteiger partial charge is 0.383 e. The van der Waals surface area contributed by atoms with Crippen molar-refractivity contribution in [2.75, 3.05) is 12.3 Å². The molecule has 1 saturated heterocycles. The van der Waals surface area contributed by atoms with Gasteiger partial charge in [-0.3, -0.25) is 4.57 Å². The third-order valence-corrected chi connectivity index (χ3v) is 5.49. The molecule has 2 aromatic rings. The molecule has 2 fully saturated rings. The van der Waals surface area contributed by atoms with E-state index in [2.05, 4.69) is 25.0 Å². The van der Waals surface area contributed by atoms with E-state index in [1.165, 1.54) is 17.2 Å². The van der Waals surface area contributed by atoms with Crippen LogP contribution in [0.25, 0.3) is 21.6 Å². The van der Waals surface area contributed by atoms with Crippen molar-refractivity contribution in [2.24, 2.45) is 10.5 Å². The Morgan fingerprint density at radius 3 is 2.83 bits per heavy atom. The van der Waals surface area contributed by atoms with Gasteiger partial charge in [-0.1, -0.05) is 19.0 Å². The van der Waals surface area contributed by atoms with Crippen LogP contribution in [0.2, 0.25) is 0 Å². The molecule has 4 N–H and O–H groups in total. The fraction of sp³-hybridized carbons (Fsp3) is 0.615. The maximum absolute atomic E-state index is 11.2. The van der Waals surface area contributed by atoms with Crippen LogP contribution in [0.3, 0.4) is 0 Å². The first-order valence-electron chi connectivity index (χ1n) is 7.34. The molecule has 11 heteroatoms. The van der Waals surface area contributed by atoms with Crippen LogP contribution in [0, 0.1) is 5.41 Å². The van der Waals surface area contributed by atoms with E-state index in [-0.39, 0.29) is 12.4 Å². The average molecular weight is 332 g/mol. The minimum absolute atomic E-state index is 0.0982. The van der Waals surface area contributed by atoms with Crippen LogP contribution in [0.15, 0.2) is 17.8 Å². The Labute approximate surface area is 135 Å². The standard InChI is InChI=1S/C13H16N8O3/c1-11(2)12(22)6(3-19-20-15)24-10(13(11,12)23)21-5-18-7-8(14)16-4-17-9(7)21/h4-6,10,22-23H,3H2,1-2H3,(H2,14,16,17)/t6-,10-,12+,13-/m1/s1. The minimum atomic E-state index is -1.58. The molecule has 0 spiro atoms. The fourth-order valence-electron chi connectivity index (χ4n) is 3.99. The van der Waals surface area contributed by atoms with Crippen molar-refractivity contribution in [3.05, 3.63) is 23.1 Å². The smallest absolute Gasteiger partial charge is 0.169 e. The van der Waals surface area contributed by atoms with Gasteiger partial charge in [0.25, 0.3) is 0 Å². The Kier molecular flexibility index (Phi) is 2.72. The van der Waals surface area contributed by atoms with Crippen LogP contribution in [-0.2, 0) is 4.74 Å². The summed E-state index contributed by atoms with van der Waals surface area (Å²) in [4.78, 5) is 14.9. The Morgan fingerprint density at radius 1 is 1.38 bits per heavy atom. The van der Waals surface area contributed by atoms with Crippen molar-refractivity contribution in [2.45, 2.75) is 37.4 Å². The zero-order chi connectivity index (χ0) is 17.3. The number of anilines is 1. The first kappa shape index (κ1) is 15.1. The number of fused-ring (bicyclic) bond motifs is 2. The number of aromatic nitrogens is 4. The molecule has 2 aromatic heterocycles. The summed E-state index contributed by atoms with van der Waals surface area (Å²) in [7, 11) is 0. The predicted molar refractivity (Wildman–Crippen MR) is 81.3 cm³/mol. The molecule has 4 atom stereocenters. The molecule has 126 valence electrons. The Balaban J connectivity index is 1.84. The number of hydrogen-bond acceptors (Lipinski definition) is 8. The molecule has 11 nitrogen and oxygen atoms in total. The van der Waals surface area contributed by atoms with Gasteiger partial charge in [-0.2, -0.15) is 0 Å². The predicted octanol–water partition coefficient (Wildman–Crippen LogP) is 0.118. The summed E-state index contributed by atoms with van der Waals surface area (Å²) >= 11 is 0. The highest BCUT2D eigenvalue weighted by Gasteiger charge is 2.92. The SMILES string of the molecule is CC1(C)[C@]2(O)[C@H](n3cnc4c(N)ncnc43)O[C@H](CN=[N+]=[N-])[C@]12O. The summed E-state index contributed by atoms with van der Waals surface area (Å²) in [6.07, 6.45) is 0.922. The monoisotopic (exact) mass is 332 g/mol. The number of aliphatic hydroxyl groups is 2. The van der Waals surface area contributed by atoms with Crippen LogP contribution >= 0.6 is 0 Å². The molecule has 4 rings (SSSR count). The highest BCUT2D eigenvalue weighted by atomic mass is 16.6. The van der Waals surface area contributed by atoms with Crippen molar-refractivity contribution in [3.63, 3.8) is 0 Å². The summed E-state index contributed by atoms with van der Waals surface area (Å²) < 4.78 is 7.33. The van der Waals surface area contributed by atoms with Gasteiger partial charge in [0.05, 0.1) is 19.0 Å². The van der Waals surface area contributed by atoms with Crippen molar-refractivity contribution < 1.29 is 14.9 Å². The number of nitrogens with two attached hydrogens (primary N) is 1. The summed E-state index contributed by atoms with van der Waals surface area (Å²) in [6.45, 7) is 3.36. The third kappa shape index (κ3) is 1.39. The number of imidazole rings is 1. The first-order chi connectivity index (χ1) is 11.3. The van der Waals surface area contributed by atoms with E-state index in [1.54, 1.807) is 13.8 Å². The molecular formula is C13H16N8O3. The molecule has 1 aliphatic carbocycles. The van der Waals surface area contributed by atoms with Gasteiger partial charge in [-0.15, -0.1) is 0 Å². The number of nitrogens with zero attached hydrogens (tertiary/aromatic N) is 7. The van der Waals surface area contributed by atoms with Crippen LogP contribution in [-0.4, -0.2) is 53.6 Å². The van der Waals surface area contributed by atoms with E-state index in [0.29, 0.717) is 11.2 Å². The van der Waals surface area contributed by atoms with Crippen LogP contribution in [0.1, 0.15) is 20.1 Å². The summed E-state index contributed by atoms with van der Waals surface area (Å²) in [5.74, 6) is 0.208. The topological polar surface area (TPSA) is 168 Å². The van der Waals surface area contributed by atoms with E-state index < -0.39 is 28.9 Å². The first-order valence-corrected chi connectivity index (χ1v) is 7.34. The lowest BCUT2D eigenvalue weighted by molar-refractivity contribution is -0.107. The van der Waals surface area contributed by atoms with Crippen molar-refractivity contribution >= 4 is 17.0 Å². The second-order valence-electron chi connectivity index (χ2n) is 6.63. The highest BCUT2D eigenvalue weighted by Crippen LogP contribution is 2.75. The van der Waals surface area contributed by atoms with Gasteiger partial charge in [0.15, 0.2) is 17.7 Å². The van der Waals surface area contributed by atoms with Gasteiger partial charge in [0.1, 0.15) is 23.0 Å².